The SMILES string of the molecule is Cc1cc2c(cc1N1C(=O)c3cccc4cc([N+](=O)[O-])cc(c34)C1=O)n(C)c(=O)n2C. The number of aromatic nitrogens is 2. The van der Waals surface area contributed by atoms with Gasteiger partial charge < -0.3 is 0 Å². The fourth-order valence-electron chi connectivity index (χ4n) is 4.30. The first-order valence-electron chi connectivity index (χ1n) is 9.46. The third kappa shape index (κ3) is 2.40. The Bertz CT molecular complexity index is 1560. The summed E-state index contributed by atoms with van der Waals surface area (Å²) in [6, 6.07) is 10.8. The lowest BCUT2D eigenvalue weighted by molar-refractivity contribution is -0.384. The van der Waals surface area contributed by atoms with Crippen molar-refractivity contribution in [2.45, 2.75) is 6.92 Å². The second-order valence-electron chi connectivity index (χ2n) is 7.63. The van der Waals surface area contributed by atoms with Crippen molar-refractivity contribution in [3.63, 3.8) is 0 Å². The summed E-state index contributed by atoms with van der Waals surface area (Å²) in [7, 11) is 3.26. The van der Waals surface area contributed by atoms with Gasteiger partial charge in [0.05, 0.1) is 27.2 Å². The first-order valence-corrected chi connectivity index (χ1v) is 9.46. The second kappa shape index (κ2) is 6.11. The maximum atomic E-state index is 13.4. The molecule has 2 amide bonds. The Morgan fingerprint density at radius 3 is 2.19 bits per heavy atom. The van der Waals surface area contributed by atoms with E-state index in [4.69, 9.17) is 0 Å². The Morgan fingerprint density at radius 1 is 0.871 bits per heavy atom. The molecule has 0 spiro atoms. The van der Waals surface area contributed by atoms with Gasteiger partial charge in [-0.2, -0.15) is 0 Å². The van der Waals surface area contributed by atoms with Gasteiger partial charge in [0.2, 0.25) is 0 Å². The molecule has 5 rings (SSSR count). The van der Waals surface area contributed by atoms with Crippen LogP contribution in [0.2, 0.25) is 0 Å². The van der Waals surface area contributed by atoms with Gasteiger partial charge in [-0.05, 0) is 36.1 Å². The summed E-state index contributed by atoms with van der Waals surface area (Å²) >= 11 is 0. The van der Waals surface area contributed by atoms with E-state index in [1.54, 1.807) is 51.4 Å². The Labute approximate surface area is 174 Å². The zero-order valence-corrected chi connectivity index (χ0v) is 16.9. The molecule has 9 heteroatoms. The Kier molecular flexibility index (Phi) is 3.70. The van der Waals surface area contributed by atoms with Gasteiger partial charge >= 0.3 is 5.69 Å². The number of carbonyl (C=O) groups is 2. The number of imidazole rings is 1. The molecule has 0 aliphatic carbocycles. The van der Waals surface area contributed by atoms with Crippen LogP contribution in [0, 0.1) is 17.0 Å². The highest BCUT2D eigenvalue weighted by atomic mass is 16.6. The molecule has 0 radical (unpaired) electrons. The van der Waals surface area contributed by atoms with E-state index in [2.05, 4.69) is 0 Å². The van der Waals surface area contributed by atoms with Gasteiger partial charge in [0.1, 0.15) is 0 Å². The molecule has 0 unspecified atom stereocenters. The van der Waals surface area contributed by atoms with E-state index in [0.717, 1.165) is 4.90 Å². The number of hydrogen-bond donors (Lipinski definition) is 0. The molecule has 0 bridgehead atoms. The standard InChI is InChI=1S/C22H16N4O5/c1-11-7-17-18(24(3)22(29)23(17)2)10-16(11)25-20(27)14-6-4-5-12-8-13(26(30)31)9-15(19(12)14)21(25)28/h4-10H,1-3H3. The Hall–Kier alpha value is -4.27. The van der Waals surface area contributed by atoms with Crippen molar-refractivity contribution in [1.29, 1.82) is 0 Å². The number of aryl methyl sites for hydroxylation is 3. The van der Waals surface area contributed by atoms with Gasteiger partial charge in [0, 0.05) is 37.2 Å². The van der Waals surface area contributed by atoms with E-state index in [1.165, 1.54) is 21.3 Å². The van der Waals surface area contributed by atoms with Gasteiger partial charge in [-0.15, -0.1) is 0 Å². The summed E-state index contributed by atoms with van der Waals surface area (Å²) in [6.45, 7) is 1.75. The maximum Gasteiger partial charge on any atom is 0.328 e. The number of nitrogens with zero attached hydrogens (tertiary/aromatic N) is 4. The Balaban J connectivity index is 1.80. The number of fused-ring (bicyclic) bond motifs is 1. The predicted molar refractivity (Wildman–Crippen MR) is 115 cm³/mol. The molecule has 1 aliphatic heterocycles. The molecule has 0 saturated heterocycles. The summed E-state index contributed by atoms with van der Waals surface area (Å²) in [5.74, 6) is -1.15. The van der Waals surface area contributed by atoms with Crippen molar-refractivity contribution in [3.8, 4) is 0 Å². The summed E-state index contributed by atoms with van der Waals surface area (Å²) in [6.07, 6.45) is 0. The smallest absolute Gasteiger partial charge is 0.295 e. The number of nitro groups is 1. The summed E-state index contributed by atoms with van der Waals surface area (Å²) < 4.78 is 2.93. The second-order valence-corrected chi connectivity index (χ2v) is 7.63. The minimum atomic E-state index is -0.638. The lowest BCUT2D eigenvalue weighted by atomic mass is 9.92. The van der Waals surface area contributed by atoms with Gasteiger partial charge in [-0.1, -0.05) is 12.1 Å². The molecule has 0 N–H and O–H groups in total. The van der Waals surface area contributed by atoms with Crippen LogP contribution in [-0.2, 0) is 14.1 Å². The van der Waals surface area contributed by atoms with Crippen molar-refractivity contribution in [2.75, 3.05) is 4.90 Å². The number of amides is 2. The van der Waals surface area contributed by atoms with E-state index < -0.39 is 16.7 Å². The lowest BCUT2D eigenvalue weighted by Gasteiger charge is -2.28. The molecule has 1 aliphatic rings. The lowest BCUT2D eigenvalue weighted by Crippen LogP contribution is -2.41. The minimum absolute atomic E-state index is 0.0980. The first-order chi connectivity index (χ1) is 14.7. The predicted octanol–water partition coefficient (Wildman–Crippen LogP) is 3.05. The van der Waals surface area contributed by atoms with Crippen molar-refractivity contribution in [1.82, 2.24) is 9.13 Å². The average molecular weight is 416 g/mol. The zero-order chi connectivity index (χ0) is 22.2. The summed E-state index contributed by atoms with van der Waals surface area (Å²) in [5.41, 5.74) is 2.13. The molecule has 0 fully saturated rings. The highest BCUT2D eigenvalue weighted by molar-refractivity contribution is 6.36. The highest BCUT2D eigenvalue weighted by Crippen LogP contribution is 2.37. The van der Waals surface area contributed by atoms with Crippen LogP contribution in [0.1, 0.15) is 26.3 Å². The van der Waals surface area contributed by atoms with Crippen LogP contribution in [0.4, 0.5) is 11.4 Å². The molecular formula is C22H16N4O5. The number of rotatable bonds is 2. The zero-order valence-electron chi connectivity index (χ0n) is 16.9. The van der Waals surface area contributed by atoms with Crippen molar-refractivity contribution >= 4 is 45.0 Å². The third-order valence-electron chi connectivity index (χ3n) is 5.87. The van der Waals surface area contributed by atoms with Crippen LogP contribution in [0.15, 0.2) is 47.3 Å². The third-order valence-corrected chi connectivity index (χ3v) is 5.87. The normalized spacial score (nSPS) is 13.5. The molecule has 2 heterocycles. The van der Waals surface area contributed by atoms with Gasteiger partial charge in [0.15, 0.2) is 0 Å². The quantitative estimate of drug-likeness (QED) is 0.284. The molecule has 1 aromatic heterocycles. The van der Waals surface area contributed by atoms with Gasteiger partial charge in [-0.25, -0.2) is 9.69 Å². The van der Waals surface area contributed by atoms with Gasteiger partial charge in [0.25, 0.3) is 17.5 Å². The summed E-state index contributed by atoms with van der Waals surface area (Å²) in [4.78, 5) is 51.0. The van der Waals surface area contributed by atoms with Gasteiger partial charge in [-0.3, -0.25) is 28.8 Å². The molecule has 31 heavy (non-hydrogen) atoms. The van der Waals surface area contributed by atoms with Crippen LogP contribution >= 0.6 is 0 Å². The van der Waals surface area contributed by atoms with E-state index in [9.17, 15) is 24.5 Å². The van der Waals surface area contributed by atoms with E-state index in [1.807, 2.05) is 0 Å². The largest absolute Gasteiger partial charge is 0.328 e. The fourth-order valence-corrected chi connectivity index (χ4v) is 4.30. The molecule has 3 aromatic carbocycles. The number of nitro benzene ring substituents is 1. The van der Waals surface area contributed by atoms with E-state index in [0.29, 0.717) is 38.6 Å². The number of anilines is 1. The Morgan fingerprint density at radius 2 is 1.52 bits per heavy atom. The molecule has 4 aromatic rings. The molecular weight excluding hydrogens is 400 g/mol. The molecule has 9 nitrogen and oxygen atoms in total. The van der Waals surface area contributed by atoms with Crippen LogP contribution in [-0.4, -0.2) is 25.9 Å². The van der Waals surface area contributed by atoms with E-state index in [-0.39, 0.29) is 16.9 Å². The van der Waals surface area contributed by atoms with Crippen molar-refractivity contribution in [3.05, 3.63) is 79.8 Å². The monoisotopic (exact) mass is 416 g/mol. The number of non-ortho nitro benzene ring substituents is 1. The number of hydrogen-bond acceptors (Lipinski definition) is 5. The van der Waals surface area contributed by atoms with Crippen molar-refractivity contribution < 1.29 is 14.5 Å². The fraction of sp³-hybridized carbons (Fsp3) is 0.136. The topological polar surface area (TPSA) is 107 Å². The average Bonchev–Trinajstić information content (AvgIpc) is 2.95. The number of imide groups is 1. The highest BCUT2D eigenvalue weighted by Gasteiger charge is 2.36. The minimum Gasteiger partial charge on any atom is -0.295 e. The molecule has 0 atom stereocenters. The number of carbonyl (C=O) groups excluding carboxylic acids is 2. The molecule has 0 saturated carbocycles. The molecule has 154 valence electrons. The van der Waals surface area contributed by atoms with E-state index >= 15 is 0 Å². The maximum absolute atomic E-state index is 13.4. The first kappa shape index (κ1) is 18.7. The van der Waals surface area contributed by atoms with Crippen LogP contribution in [0.25, 0.3) is 21.8 Å². The van der Waals surface area contributed by atoms with Crippen molar-refractivity contribution in [2.24, 2.45) is 14.1 Å². The van der Waals surface area contributed by atoms with Crippen LogP contribution in [0.5, 0.6) is 0 Å². The summed E-state index contributed by atoms with van der Waals surface area (Å²) in [5, 5.41) is 12.3. The van der Waals surface area contributed by atoms with Crippen LogP contribution < -0.4 is 10.6 Å². The number of benzene rings is 3. The van der Waals surface area contributed by atoms with Crippen LogP contribution in [0.3, 0.4) is 0 Å².